The van der Waals surface area contributed by atoms with Crippen LogP contribution in [0.1, 0.15) is 0 Å². The number of hydrogen-bond donors (Lipinski definition) is 0. The van der Waals surface area contributed by atoms with Gasteiger partial charge in [-0.15, -0.1) is 0 Å². The average Bonchev–Trinajstić information content (AvgIpc) is 3.88. The molecule has 0 aliphatic heterocycles. The van der Waals surface area contributed by atoms with Crippen LogP contribution in [0, 0.1) is 0 Å². The molecule has 5 heterocycles. The van der Waals surface area contributed by atoms with Crippen molar-refractivity contribution < 1.29 is 0 Å². The molecule has 49 heavy (non-hydrogen) atoms. The monoisotopic (exact) mass is 622 g/mol. The van der Waals surface area contributed by atoms with E-state index in [4.69, 9.17) is 0 Å². The molecule has 12 aromatic rings. The van der Waals surface area contributed by atoms with Gasteiger partial charge in [-0.3, -0.25) is 4.98 Å². The van der Waals surface area contributed by atoms with Crippen LogP contribution in [0.3, 0.4) is 0 Å². The normalized spacial score (nSPS) is 12.5. The van der Waals surface area contributed by atoms with Crippen molar-refractivity contribution in [1.82, 2.24) is 18.5 Å². The maximum absolute atomic E-state index is 4.53. The van der Waals surface area contributed by atoms with Gasteiger partial charge in [0.05, 0.1) is 44.8 Å². The van der Waals surface area contributed by atoms with Crippen LogP contribution in [0.15, 0.2) is 158 Å². The summed E-state index contributed by atoms with van der Waals surface area (Å²) in [6.45, 7) is 0. The number of nitrogens with zero attached hydrogens (tertiary/aromatic N) is 4. The van der Waals surface area contributed by atoms with Gasteiger partial charge in [0.2, 0.25) is 0 Å². The summed E-state index contributed by atoms with van der Waals surface area (Å²) in [5.41, 5.74) is 10.7. The van der Waals surface area contributed by atoms with Gasteiger partial charge < -0.3 is 13.5 Å². The standard InChI is InChI=1S/C45H26N4/c1-2-13-30-27(10-1)20-21-39-42(30)44-43-34-16-5-8-19-38(34)47(40(43)25-35-32-15-4-7-18-37(32)49(39)45(35)44)28-11-9-12-29(24-28)48-36-17-6-3-14-31(36)33-22-23-46-26-41(33)48/h1-26H. The number of benzene rings is 7. The first-order chi connectivity index (χ1) is 24.3. The van der Waals surface area contributed by atoms with Crippen molar-refractivity contribution in [3.8, 4) is 11.4 Å². The summed E-state index contributed by atoms with van der Waals surface area (Å²) >= 11 is 0. The zero-order valence-corrected chi connectivity index (χ0v) is 26.3. The van der Waals surface area contributed by atoms with Crippen LogP contribution in [0.2, 0.25) is 0 Å². The minimum absolute atomic E-state index is 1.11. The maximum Gasteiger partial charge on any atom is 0.0724 e. The number of fused-ring (bicyclic) bond motifs is 15. The Morgan fingerprint density at radius 2 is 0.980 bits per heavy atom. The lowest BCUT2D eigenvalue weighted by Gasteiger charge is -2.13. The van der Waals surface area contributed by atoms with Gasteiger partial charge in [0.1, 0.15) is 0 Å². The van der Waals surface area contributed by atoms with Crippen molar-refractivity contribution in [2.45, 2.75) is 0 Å². The molecule has 0 fully saturated rings. The van der Waals surface area contributed by atoms with Crippen LogP contribution >= 0.6 is 0 Å². The molecule has 0 saturated heterocycles. The van der Waals surface area contributed by atoms with E-state index in [0.29, 0.717) is 0 Å². The predicted molar refractivity (Wildman–Crippen MR) is 205 cm³/mol. The molecule has 0 radical (unpaired) electrons. The van der Waals surface area contributed by atoms with E-state index in [9.17, 15) is 0 Å². The maximum atomic E-state index is 4.53. The van der Waals surface area contributed by atoms with E-state index in [-0.39, 0.29) is 0 Å². The Morgan fingerprint density at radius 1 is 0.367 bits per heavy atom. The van der Waals surface area contributed by atoms with E-state index < -0.39 is 0 Å². The quantitative estimate of drug-likeness (QED) is 0.188. The SMILES string of the molecule is c1cc(-n2c3ccccc3c3ccncc32)cc(-n2c3ccccc3c3c4c5c6ccccc6ccc5n5c6ccccc6c(cc32)c45)c1. The molecule has 226 valence electrons. The fraction of sp³-hybridized carbons (Fsp3) is 0. The van der Waals surface area contributed by atoms with Crippen molar-refractivity contribution in [3.63, 3.8) is 0 Å². The highest BCUT2D eigenvalue weighted by atomic mass is 15.0. The smallest absolute Gasteiger partial charge is 0.0724 e. The molecular weight excluding hydrogens is 597 g/mol. The lowest BCUT2D eigenvalue weighted by Crippen LogP contribution is -1.98. The molecule has 0 N–H and O–H groups in total. The highest BCUT2D eigenvalue weighted by Crippen LogP contribution is 2.48. The van der Waals surface area contributed by atoms with Crippen molar-refractivity contribution in [2.24, 2.45) is 0 Å². The minimum Gasteiger partial charge on any atom is -0.309 e. The fourth-order valence-electron chi connectivity index (χ4n) is 8.92. The molecule has 0 saturated carbocycles. The number of pyridine rings is 1. The summed E-state index contributed by atoms with van der Waals surface area (Å²) < 4.78 is 7.33. The van der Waals surface area contributed by atoms with Crippen molar-refractivity contribution in [1.29, 1.82) is 0 Å². The van der Waals surface area contributed by atoms with Crippen LogP contribution in [-0.4, -0.2) is 18.5 Å². The molecule has 0 aliphatic rings. The second-order valence-corrected chi connectivity index (χ2v) is 13.2. The second kappa shape index (κ2) is 9.03. The highest BCUT2D eigenvalue weighted by molar-refractivity contribution is 6.38. The van der Waals surface area contributed by atoms with E-state index >= 15 is 0 Å². The molecule has 0 atom stereocenters. The zero-order valence-electron chi connectivity index (χ0n) is 26.3. The Balaban J connectivity index is 1.27. The Labute approximate surface area is 279 Å². The van der Waals surface area contributed by atoms with E-state index in [1.54, 1.807) is 0 Å². The topological polar surface area (TPSA) is 27.2 Å². The predicted octanol–water partition coefficient (Wildman–Crippen LogP) is 11.6. The van der Waals surface area contributed by atoms with Crippen LogP contribution in [0.25, 0.3) is 104 Å². The third-order valence-electron chi connectivity index (χ3n) is 10.8. The van der Waals surface area contributed by atoms with Crippen LogP contribution in [0.4, 0.5) is 0 Å². The van der Waals surface area contributed by atoms with Gasteiger partial charge in [0.15, 0.2) is 0 Å². The van der Waals surface area contributed by atoms with E-state index in [1.807, 2.05) is 12.4 Å². The van der Waals surface area contributed by atoms with Gasteiger partial charge in [-0.1, -0.05) is 91.0 Å². The third-order valence-corrected chi connectivity index (χ3v) is 10.8. The molecule has 0 amide bonds. The molecule has 4 nitrogen and oxygen atoms in total. The summed E-state index contributed by atoms with van der Waals surface area (Å²) in [5, 5.41) is 12.8. The van der Waals surface area contributed by atoms with Gasteiger partial charge in [0, 0.05) is 60.7 Å². The van der Waals surface area contributed by atoms with Gasteiger partial charge in [0.25, 0.3) is 0 Å². The number of aromatic nitrogens is 4. The van der Waals surface area contributed by atoms with E-state index in [1.165, 1.54) is 87.0 Å². The summed E-state index contributed by atoms with van der Waals surface area (Å²) in [7, 11) is 0. The Morgan fingerprint density at radius 3 is 1.80 bits per heavy atom. The molecule has 5 aromatic heterocycles. The summed E-state index contributed by atoms with van der Waals surface area (Å²) in [6.07, 6.45) is 3.87. The molecule has 12 rings (SSSR count). The number of rotatable bonds is 2. The molecule has 0 unspecified atom stereocenters. The van der Waals surface area contributed by atoms with E-state index in [0.717, 1.165) is 16.9 Å². The molecular formula is C45H26N4. The molecule has 4 heteroatoms. The first kappa shape index (κ1) is 25.4. The van der Waals surface area contributed by atoms with Gasteiger partial charge in [-0.2, -0.15) is 0 Å². The largest absolute Gasteiger partial charge is 0.309 e. The summed E-state index contributed by atoms with van der Waals surface area (Å²) in [4.78, 5) is 4.53. The first-order valence-corrected chi connectivity index (χ1v) is 16.8. The molecule has 0 spiro atoms. The lowest BCUT2D eigenvalue weighted by atomic mass is 9.98. The fourth-order valence-corrected chi connectivity index (χ4v) is 8.92. The number of para-hydroxylation sites is 3. The van der Waals surface area contributed by atoms with Crippen molar-refractivity contribution in [3.05, 3.63) is 158 Å². The Hall–Kier alpha value is -6.65. The zero-order chi connectivity index (χ0) is 31.8. The molecule has 7 aromatic carbocycles. The van der Waals surface area contributed by atoms with Crippen molar-refractivity contribution in [2.75, 3.05) is 0 Å². The highest BCUT2D eigenvalue weighted by Gasteiger charge is 2.25. The van der Waals surface area contributed by atoms with Gasteiger partial charge >= 0.3 is 0 Å². The van der Waals surface area contributed by atoms with E-state index in [2.05, 4.69) is 164 Å². The first-order valence-electron chi connectivity index (χ1n) is 16.8. The minimum atomic E-state index is 1.11. The van der Waals surface area contributed by atoms with Crippen LogP contribution < -0.4 is 0 Å². The van der Waals surface area contributed by atoms with Crippen LogP contribution in [0.5, 0.6) is 0 Å². The van der Waals surface area contributed by atoms with Gasteiger partial charge in [-0.05, 0) is 65.4 Å². The molecule has 0 bridgehead atoms. The average molecular weight is 623 g/mol. The second-order valence-electron chi connectivity index (χ2n) is 13.2. The van der Waals surface area contributed by atoms with Gasteiger partial charge in [-0.25, -0.2) is 0 Å². The summed E-state index contributed by atoms with van der Waals surface area (Å²) in [6, 6.07) is 53.4. The van der Waals surface area contributed by atoms with Crippen LogP contribution in [-0.2, 0) is 0 Å². The Kier molecular flexibility index (Phi) is 4.69. The third kappa shape index (κ3) is 3.12. The summed E-state index contributed by atoms with van der Waals surface area (Å²) in [5.74, 6) is 0. The van der Waals surface area contributed by atoms with Crippen molar-refractivity contribution >= 4 is 92.5 Å². The lowest BCUT2D eigenvalue weighted by molar-refractivity contribution is 1.13. The molecule has 0 aliphatic carbocycles. The number of hydrogen-bond acceptors (Lipinski definition) is 1. The Bertz CT molecular complexity index is 3280.